The van der Waals surface area contributed by atoms with E-state index in [0.29, 0.717) is 0 Å². The third-order valence-corrected chi connectivity index (χ3v) is 3.07. The number of hydrogen-bond donors (Lipinski definition) is 4. The van der Waals surface area contributed by atoms with E-state index < -0.39 is 29.2 Å². The molecule has 9 heteroatoms. The van der Waals surface area contributed by atoms with Gasteiger partial charge in [-0.1, -0.05) is 13.8 Å². The predicted molar refractivity (Wildman–Crippen MR) is 76.7 cm³/mol. The number of hydrogen-bond acceptors (Lipinski definition) is 5. The Kier molecular flexibility index (Phi) is 4.06. The molecule has 2 aromatic heterocycles. The van der Waals surface area contributed by atoms with Crippen LogP contribution in [0.2, 0.25) is 0 Å². The molecular weight excluding hydrogens is 292 g/mol. The highest BCUT2D eigenvalue weighted by Crippen LogP contribution is 2.08. The largest absolute Gasteiger partial charge is 0.480 e. The van der Waals surface area contributed by atoms with Crippen molar-refractivity contribution in [1.29, 1.82) is 0 Å². The molecule has 4 N–H and O–H groups in total. The number of nitrogens with one attached hydrogen (secondary N) is 3. The lowest BCUT2D eigenvalue weighted by Crippen LogP contribution is -2.44. The van der Waals surface area contributed by atoms with Gasteiger partial charge in [-0.05, 0) is 12.0 Å². The first-order valence-corrected chi connectivity index (χ1v) is 6.45. The first-order valence-electron chi connectivity index (χ1n) is 6.45. The maximum atomic E-state index is 12.1. The summed E-state index contributed by atoms with van der Waals surface area (Å²) in [6.07, 6.45) is 1.16. The maximum absolute atomic E-state index is 12.1. The number of carboxylic acid groups (broad SMARTS) is 1. The fourth-order valence-electron chi connectivity index (χ4n) is 1.91. The predicted octanol–water partition coefficient (Wildman–Crippen LogP) is -0.550. The molecule has 0 aliphatic rings. The van der Waals surface area contributed by atoms with Crippen LogP contribution in [0.3, 0.4) is 0 Å². The van der Waals surface area contributed by atoms with Crippen molar-refractivity contribution in [3.05, 3.63) is 38.7 Å². The quantitative estimate of drug-likeness (QED) is 0.596. The van der Waals surface area contributed by atoms with Crippen LogP contribution in [-0.4, -0.2) is 38.0 Å². The van der Waals surface area contributed by atoms with Crippen LogP contribution in [-0.2, 0) is 4.79 Å². The van der Waals surface area contributed by atoms with Crippen LogP contribution in [0.5, 0.6) is 0 Å². The molecule has 2 heterocycles. The Balaban J connectivity index is 2.39. The van der Waals surface area contributed by atoms with E-state index in [-0.39, 0.29) is 22.5 Å². The normalized spacial score (nSPS) is 12.3. The van der Waals surface area contributed by atoms with Crippen molar-refractivity contribution in [3.63, 3.8) is 0 Å². The lowest BCUT2D eigenvalue weighted by molar-refractivity contribution is -0.140. The van der Waals surface area contributed by atoms with Gasteiger partial charge in [0, 0.05) is 6.20 Å². The van der Waals surface area contributed by atoms with Gasteiger partial charge in [0.2, 0.25) is 0 Å². The van der Waals surface area contributed by atoms with Gasteiger partial charge >= 0.3 is 11.7 Å². The molecule has 9 nitrogen and oxygen atoms in total. The van der Waals surface area contributed by atoms with E-state index in [2.05, 4.69) is 15.3 Å². The third kappa shape index (κ3) is 3.03. The summed E-state index contributed by atoms with van der Waals surface area (Å²) in [5.74, 6) is -2.13. The number of fused-ring (bicyclic) bond motifs is 1. The molecule has 0 aliphatic carbocycles. The van der Waals surface area contributed by atoms with Crippen molar-refractivity contribution in [2.45, 2.75) is 19.9 Å². The molecule has 0 aliphatic heterocycles. The Morgan fingerprint density at radius 3 is 2.55 bits per heavy atom. The summed E-state index contributed by atoms with van der Waals surface area (Å²) < 4.78 is 0. The van der Waals surface area contributed by atoms with Crippen molar-refractivity contribution in [1.82, 2.24) is 20.3 Å². The van der Waals surface area contributed by atoms with Gasteiger partial charge in [-0.3, -0.25) is 19.6 Å². The molecule has 1 atom stereocenters. The van der Waals surface area contributed by atoms with Crippen molar-refractivity contribution in [2.24, 2.45) is 5.92 Å². The Morgan fingerprint density at radius 1 is 1.27 bits per heavy atom. The van der Waals surface area contributed by atoms with Gasteiger partial charge in [0.1, 0.15) is 11.7 Å². The third-order valence-electron chi connectivity index (χ3n) is 3.07. The maximum Gasteiger partial charge on any atom is 0.327 e. The molecular formula is C13H14N4O5. The minimum atomic E-state index is -1.15. The summed E-state index contributed by atoms with van der Waals surface area (Å²) in [4.78, 5) is 54.2. The number of aliphatic carboxylic acids is 1. The zero-order valence-electron chi connectivity index (χ0n) is 11.8. The Bertz CT molecular complexity index is 851. The van der Waals surface area contributed by atoms with Crippen molar-refractivity contribution >= 4 is 22.9 Å². The first-order chi connectivity index (χ1) is 10.3. The van der Waals surface area contributed by atoms with Crippen LogP contribution >= 0.6 is 0 Å². The fourth-order valence-corrected chi connectivity index (χ4v) is 1.91. The van der Waals surface area contributed by atoms with Gasteiger partial charge in [-0.15, -0.1) is 0 Å². The monoisotopic (exact) mass is 306 g/mol. The fraction of sp³-hybridized carbons (Fsp3) is 0.308. The summed E-state index contributed by atoms with van der Waals surface area (Å²) >= 11 is 0. The van der Waals surface area contributed by atoms with Crippen LogP contribution in [0.25, 0.3) is 11.0 Å². The molecule has 2 rings (SSSR count). The minimum Gasteiger partial charge on any atom is -0.480 e. The molecule has 116 valence electrons. The number of carboxylic acids is 1. The highest BCUT2D eigenvalue weighted by atomic mass is 16.4. The van der Waals surface area contributed by atoms with Gasteiger partial charge in [0.25, 0.3) is 11.5 Å². The minimum absolute atomic E-state index is 0.0250. The van der Waals surface area contributed by atoms with Gasteiger partial charge in [0.15, 0.2) is 0 Å². The second-order valence-electron chi connectivity index (χ2n) is 5.06. The molecule has 0 spiro atoms. The molecule has 0 fully saturated rings. The SMILES string of the molecule is CC(C)[C@@H](NC(=O)c1cnc2[nH]c(=O)[nH]c(=O)c2c1)C(=O)O. The average Bonchev–Trinajstić information content (AvgIpc) is 2.43. The number of nitrogens with zero attached hydrogens (tertiary/aromatic N) is 1. The van der Waals surface area contributed by atoms with Crippen LogP contribution in [0.4, 0.5) is 0 Å². The highest BCUT2D eigenvalue weighted by Gasteiger charge is 2.24. The van der Waals surface area contributed by atoms with E-state index in [1.165, 1.54) is 6.07 Å². The smallest absolute Gasteiger partial charge is 0.327 e. The number of carbonyl (C=O) groups is 2. The van der Waals surface area contributed by atoms with Gasteiger partial charge in [-0.2, -0.15) is 0 Å². The summed E-state index contributed by atoms with van der Waals surface area (Å²) in [6.45, 7) is 3.32. The van der Waals surface area contributed by atoms with E-state index in [4.69, 9.17) is 5.11 Å². The van der Waals surface area contributed by atoms with E-state index in [1.807, 2.05) is 4.98 Å². The number of aromatic amines is 2. The second kappa shape index (κ2) is 5.80. The molecule has 0 aromatic carbocycles. The van der Waals surface area contributed by atoms with Gasteiger partial charge in [-0.25, -0.2) is 14.6 Å². The number of amides is 1. The zero-order valence-corrected chi connectivity index (χ0v) is 11.8. The highest BCUT2D eigenvalue weighted by molar-refractivity contribution is 5.98. The van der Waals surface area contributed by atoms with Gasteiger partial charge < -0.3 is 10.4 Å². The molecule has 0 bridgehead atoms. The molecule has 0 saturated heterocycles. The van der Waals surface area contributed by atoms with Crippen molar-refractivity contribution in [2.75, 3.05) is 0 Å². The Hall–Kier alpha value is -2.97. The number of pyridine rings is 1. The number of H-pyrrole nitrogens is 2. The lowest BCUT2D eigenvalue weighted by atomic mass is 10.0. The van der Waals surface area contributed by atoms with Crippen molar-refractivity contribution < 1.29 is 14.7 Å². The molecule has 0 unspecified atom stereocenters. The topological polar surface area (TPSA) is 145 Å². The number of carbonyl (C=O) groups excluding carboxylic acids is 1. The van der Waals surface area contributed by atoms with E-state index in [1.54, 1.807) is 13.8 Å². The van der Waals surface area contributed by atoms with E-state index in [9.17, 15) is 19.2 Å². The standard InChI is InChI=1S/C13H14N4O5/c1-5(2)8(12(20)21)15-10(18)6-3-7-9(14-4-6)16-13(22)17-11(7)19/h3-5,8H,1-2H3,(H,15,18)(H,20,21)(H2,14,16,17,19,22)/t8-/m1/s1. The molecule has 0 radical (unpaired) electrons. The van der Waals surface area contributed by atoms with Crippen LogP contribution < -0.4 is 16.6 Å². The molecule has 22 heavy (non-hydrogen) atoms. The zero-order chi connectivity index (χ0) is 16.4. The first kappa shape index (κ1) is 15.4. The van der Waals surface area contributed by atoms with E-state index >= 15 is 0 Å². The molecule has 1 amide bonds. The lowest BCUT2D eigenvalue weighted by Gasteiger charge is -2.17. The second-order valence-corrected chi connectivity index (χ2v) is 5.06. The summed E-state index contributed by atoms with van der Waals surface area (Å²) in [5.41, 5.74) is -1.31. The van der Waals surface area contributed by atoms with Crippen LogP contribution in [0.15, 0.2) is 21.9 Å². The summed E-state index contributed by atoms with van der Waals surface area (Å²) in [5, 5.41) is 11.5. The van der Waals surface area contributed by atoms with Crippen LogP contribution in [0, 0.1) is 5.92 Å². The van der Waals surface area contributed by atoms with E-state index in [0.717, 1.165) is 6.20 Å². The Morgan fingerprint density at radius 2 is 1.95 bits per heavy atom. The Labute approximate surface area is 123 Å². The molecule has 2 aromatic rings. The average molecular weight is 306 g/mol. The summed E-state index contributed by atoms with van der Waals surface area (Å²) in [7, 11) is 0. The molecule has 0 saturated carbocycles. The van der Waals surface area contributed by atoms with Gasteiger partial charge in [0.05, 0.1) is 10.9 Å². The number of rotatable bonds is 4. The van der Waals surface area contributed by atoms with Crippen LogP contribution in [0.1, 0.15) is 24.2 Å². The number of aromatic nitrogens is 3. The summed E-state index contributed by atoms with van der Waals surface area (Å²) in [6, 6.07) is 0.183. The van der Waals surface area contributed by atoms with Crippen molar-refractivity contribution in [3.8, 4) is 0 Å².